The lowest BCUT2D eigenvalue weighted by Gasteiger charge is -2.16. The molecule has 4 aromatic rings. The molecule has 2 heterocycles. The Morgan fingerprint density at radius 2 is 1.80 bits per heavy atom. The fourth-order valence-corrected chi connectivity index (χ4v) is 3.69. The van der Waals surface area contributed by atoms with E-state index >= 15 is 0 Å². The number of aliphatic carboxylic acids is 1. The van der Waals surface area contributed by atoms with E-state index in [0.717, 1.165) is 44.5 Å². The third-order valence-electron chi connectivity index (χ3n) is 5.01. The van der Waals surface area contributed by atoms with Gasteiger partial charge in [0.05, 0.1) is 11.9 Å². The first-order chi connectivity index (χ1) is 14.5. The predicted octanol–water partition coefficient (Wildman–Crippen LogP) is 5.50. The van der Waals surface area contributed by atoms with Gasteiger partial charge in [-0.25, -0.2) is 4.98 Å². The third kappa shape index (κ3) is 4.26. The van der Waals surface area contributed by atoms with Crippen LogP contribution in [0, 0.1) is 6.92 Å². The number of halogens is 1. The maximum absolute atomic E-state index is 11.5. The second kappa shape index (κ2) is 8.51. The van der Waals surface area contributed by atoms with Gasteiger partial charge in [0.1, 0.15) is 5.82 Å². The number of hydrogen-bond acceptors (Lipinski definition) is 4. The molecule has 0 spiro atoms. The molecule has 0 radical (unpaired) electrons. The van der Waals surface area contributed by atoms with Crippen molar-refractivity contribution in [1.82, 2.24) is 9.97 Å². The van der Waals surface area contributed by atoms with Crippen LogP contribution in [0.5, 0.6) is 0 Å². The van der Waals surface area contributed by atoms with Crippen LogP contribution < -0.4 is 5.32 Å². The lowest BCUT2D eigenvalue weighted by molar-refractivity contribution is -0.136. The molecule has 0 aliphatic rings. The lowest BCUT2D eigenvalue weighted by Crippen LogP contribution is -2.06. The van der Waals surface area contributed by atoms with E-state index in [1.807, 2.05) is 61.5 Å². The van der Waals surface area contributed by atoms with E-state index in [4.69, 9.17) is 16.6 Å². The highest BCUT2D eigenvalue weighted by molar-refractivity contribution is 6.30. The Bertz CT molecular complexity index is 1210. The fourth-order valence-electron chi connectivity index (χ4n) is 3.57. The summed E-state index contributed by atoms with van der Waals surface area (Å²) in [5, 5.41) is 14.3. The minimum atomic E-state index is -0.865. The third-order valence-corrected chi connectivity index (χ3v) is 5.26. The number of carboxylic acids is 1. The molecule has 0 unspecified atom stereocenters. The van der Waals surface area contributed by atoms with Gasteiger partial charge in [-0.1, -0.05) is 23.7 Å². The highest BCUT2D eigenvalue weighted by Crippen LogP contribution is 2.35. The van der Waals surface area contributed by atoms with E-state index in [9.17, 15) is 9.90 Å². The summed E-state index contributed by atoms with van der Waals surface area (Å²) >= 11 is 6.06. The summed E-state index contributed by atoms with van der Waals surface area (Å²) in [4.78, 5) is 20.3. The van der Waals surface area contributed by atoms with Crippen LogP contribution in [0.2, 0.25) is 5.02 Å². The smallest absolute Gasteiger partial charge is 0.307 e. The van der Waals surface area contributed by atoms with E-state index in [1.165, 1.54) is 0 Å². The molecule has 4 rings (SSSR count). The number of nitrogens with zero attached hydrogens (tertiary/aromatic N) is 2. The Hall–Kier alpha value is -3.44. The van der Waals surface area contributed by atoms with Gasteiger partial charge in [-0.3, -0.25) is 9.78 Å². The summed E-state index contributed by atoms with van der Waals surface area (Å²) in [6.45, 7) is 2.57. The second-order valence-corrected chi connectivity index (χ2v) is 7.53. The van der Waals surface area contributed by atoms with Crippen molar-refractivity contribution in [2.75, 3.05) is 5.32 Å². The minimum Gasteiger partial charge on any atom is -0.481 e. The Kier molecular flexibility index (Phi) is 5.63. The molecular formula is C24H20ClN3O2. The van der Waals surface area contributed by atoms with Gasteiger partial charge in [0.25, 0.3) is 0 Å². The molecule has 0 amide bonds. The van der Waals surface area contributed by atoms with Crippen LogP contribution in [0.3, 0.4) is 0 Å². The number of rotatable bonds is 6. The number of pyridine rings is 2. The van der Waals surface area contributed by atoms with Crippen LogP contribution in [-0.4, -0.2) is 21.0 Å². The molecule has 2 N–H and O–H groups in total. The normalized spacial score (nSPS) is 10.9. The van der Waals surface area contributed by atoms with Crippen molar-refractivity contribution in [3.63, 3.8) is 0 Å². The zero-order valence-corrected chi connectivity index (χ0v) is 17.1. The molecule has 2 aromatic carbocycles. The molecule has 30 heavy (non-hydrogen) atoms. The summed E-state index contributed by atoms with van der Waals surface area (Å²) in [6.07, 6.45) is 3.47. The standard InChI is InChI=1S/C24H20ClN3O2/c1-15-12-21-19(6-7-22(28-21)27-14-16-8-10-26-11-9-16)24(20(15)13-23(29)30)17-2-4-18(25)5-3-17/h2-12H,13-14H2,1H3,(H,27,28)(H,29,30). The SMILES string of the molecule is Cc1cc2nc(NCc3ccncc3)ccc2c(-c2ccc(Cl)cc2)c1CC(=O)O. The van der Waals surface area contributed by atoms with Crippen LogP contribution in [0.15, 0.2) is 67.0 Å². The van der Waals surface area contributed by atoms with Gasteiger partial charge in [0, 0.05) is 29.3 Å². The number of benzene rings is 2. The molecule has 6 heteroatoms. The van der Waals surface area contributed by atoms with Crippen molar-refractivity contribution in [3.8, 4) is 11.1 Å². The molecular weight excluding hydrogens is 398 g/mol. The summed E-state index contributed by atoms with van der Waals surface area (Å²) in [5.74, 6) is -0.108. The van der Waals surface area contributed by atoms with Gasteiger partial charge in [0.15, 0.2) is 0 Å². The van der Waals surface area contributed by atoms with Crippen LogP contribution in [-0.2, 0) is 17.8 Å². The molecule has 150 valence electrons. The van der Waals surface area contributed by atoms with Crippen LogP contribution >= 0.6 is 11.6 Å². The number of aromatic nitrogens is 2. The van der Waals surface area contributed by atoms with Crippen molar-refractivity contribution >= 4 is 34.3 Å². The van der Waals surface area contributed by atoms with Crippen LogP contribution in [0.25, 0.3) is 22.0 Å². The van der Waals surface area contributed by atoms with Crippen molar-refractivity contribution in [1.29, 1.82) is 0 Å². The molecule has 0 bridgehead atoms. The number of anilines is 1. The van der Waals surface area contributed by atoms with Gasteiger partial charge >= 0.3 is 5.97 Å². The second-order valence-electron chi connectivity index (χ2n) is 7.10. The Morgan fingerprint density at radius 3 is 2.50 bits per heavy atom. The topological polar surface area (TPSA) is 75.1 Å². The minimum absolute atomic E-state index is 0.0538. The summed E-state index contributed by atoms with van der Waals surface area (Å²) < 4.78 is 0. The Morgan fingerprint density at radius 1 is 1.07 bits per heavy atom. The molecule has 0 atom stereocenters. The lowest BCUT2D eigenvalue weighted by atomic mass is 9.90. The first-order valence-corrected chi connectivity index (χ1v) is 9.93. The van der Waals surface area contributed by atoms with E-state index < -0.39 is 5.97 Å². The monoisotopic (exact) mass is 417 g/mol. The molecule has 0 fully saturated rings. The van der Waals surface area contributed by atoms with E-state index in [-0.39, 0.29) is 6.42 Å². The molecule has 0 saturated carbocycles. The van der Waals surface area contributed by atoms with E-state index in [1.54, 1.807) is 12.4 Å². The van der Waals surface area contributed by atoms with Gasteiger partial charge in [-0.05, 0) is 77.2 Å². The number of carboxylic acid groups (broad SMARTS) is 1. The molecule has 5 nitrogen and oxygen atoms in total. The van der Waals surface area contributed by atoms with Gasteiger partial charge in [-0.2, -0.15) is 0 Å². The number of hydrogen-bond donors (Lipinski definition) is 2. The van der Waals surface area contributed by atoms with Crippen LogP contribution in [0.4, 0.5) is 5.82 Å². The first kappa shape index (κ1) is 19.9. The van der Waals surface area contributed by atoms with Crippen molar-refractivity contribution in [3.05, 3.63) is 88.7 Å². The average Bonchev–Trinajstić information content (AvgIpc) is 2.74. The Labute approximate surface area is 179 Å². The number of aryl methyl sites for hydroxylation is 1. The summed E-state index contributed by atoms with van der Waals surface area (Å²) in [5.41, 5.74) is 5.42. The molecule has 0 aliphatic heterocycles. The fraction of sp³-hybridized carbons (Fsp3) is 0.125. The Balaban J connectivity index is 1.79. The zero-order valence-electron chi connectivity index (χ0n) is 16.4. The number of carbonyl (C=O) groups is 1. The van der Waals surface area contributed by atoms with E-state index in [0.29, 0.717) is 11.6 Å². The van der Waals surface area contributed by atoms with Crippen molar-refractivity contribution in [2.45, 2.75) is 19.9 Å². The van der Waals surface area contributed by atoms with Gasteiger partial charge < -0.3 is 10.4 Å². The van der Waals surface area contributed by atoms with E-state index in [2.05, 4.69) is 10.3 Å². The van der Waals surface area contributed by atoms with Crippen molar-refractivity contribution in [2.24, 2.45) is 0 Å². The summed E-state index contributed by atoms with van der Waals surface area (Å²) in [6, 6.07) is 17.2. The highest BCUT2D eigenvalue weighted by Gasteiger charge is 2.17. The first-order valence-electron chi connectivity index (χ1n) is 9.55. The number of fused-ring (bicyclic) bond motifs is 1. The molecule has 2 aromatic heterocycles. The molecule has 0 aliphatic carbocycles. The largest absolute Gasteiger partial charge is 0.481 e. The number of nitrogens with one attached hydrogen (secondary N) is 1. The quantitative estimate of drug-likeness (QED) is 0.433. The zero-order chi connectivity index (χ0) is 21.1. The average molecular weight is 418 g/mol. The van der Waals surface area contributed by atoms with Gasteiger partial charge in [0.2, 0.25) is 0 Å². The highest BCUT2D eigenvalue weighted by atomic mass is 35.5. The van der Waals surface area contributed by atoms with Gasteiger partial charge in [-0.15, -0.1) is 0 Å². The van der Waals surface area contributed by atoms with Crippen LogP contribution in [0.1, 0.15) is 16.7 Å². The molecule has 0 saturated heterocycles. The maximum atomic E-state index is 11.5. The van der Waals surface area contributed by atoms with Crippen molar-refractivity contribution < 1.29 is 9.90 Å². The predicted molar refractivity (Wildman–Crippen MR) is 120 cm³/mol. The maximum Gasteiger partial charge on any atom is 0.307 e. The summed E-state index contributed by atoms with van der Waals surface area (Å²) in [7, 11) is 0.